The number of hydrogen-bond acceptors (Lipinski definition) is 3. The molecule has 0 aromatic heterocycles. The zero-order valence-corrected chi connectivity index (χ0v) is 11.2. The first kappa shape index (κ1) is 15.9. The van der Waals surface area contributed by atoms with Crippen LogP contribution < -0.4 is 5.32 Å². The lowest BCUT2D eigenvalue weighted by Gasteiger charge is -2.34. The minimum atomic E-state index is -0.924. The molecule has 2 atom stereocenters. The van der Waals surface area contributed by atoms with Crippen LogP contribution in [0, 0.1) is 5.92 Å². The number of hydrogen-bond donors (Lipinski definition) is 2. The van der Waals surface area contributed by atoms with Crippen molar-refractivity contribution in [3.63, 3.8) is 0 Å². The van der Waals surface area contributed by atoms with Crippen LogP contribution in [0.3, 0.4) is 0 Å². The van der Waals surface area contributed by atoms with E-state index in [1.54, 1.807) is 6.92 Å². The molecule has 0 rings (SSSR count). The third-order valence-electron chi connectivity index (χ3n) is 3.15. The second-order valence-electron chi connectivity index (χ2n) is 4.76. The molecule has 0 radical (unpaired) electrons. The fourth-order valence-corrected chi connectivity index (χ4v) is 1.53. The first-order valence-electron chi connectivity index (χ1n) is 5.83. The van der Waals surface area contributed by atoms with E-state index in [1.165, 1.54) is 7.11 Å². The Morgan fingerprint density at radius 1 is 1.41 bits per heavy atom. The molecule has 2 N–H and O–H groups in total. The van der Waals surface area contributed by atoms with E-state index in [1.807, 2.05) is 20.8 Å². The molecule has 0 aromatic rings. The average molecular weight is 245 g/mol. The summed E-state index contributed by atoms with van der Waals surface area (Å²) >= 11 is 0. The molecule has 0 aliphatic heterocycles. The molecule has 0 heterocycles. The van der Waals surface area contributed by atoms with Crippen LogP contribution in [0.5, 0.6) is 0 Å². The number of carboxylic acids is 1. The molecular weight excluding hydrogens is 222 g/mol. The maximum absolute atomic E-state index is 11.9. The average Bonchev–Trinajstić information content (AvgIpc) is 2.17. The third-order valence-corrected chi connectivity index (χ3v) is 3.15. The molecule has 1 amide bonds. The molecule has 0 spiro atoms. The largest absolute Gasteiger partial charge is 0.481 e. The fraction of sp³-hybridized carbons (Fsp3) is 0.833. The van der Waals surface area contributed by atoms with Gasteiger partial charge in [-0.15, -0.1) is 0 Å². The number of carbonyl (C=O) groups is 2. The smallest absolute Gasteiger partial charge is 0.305 e. The summed E-state index contributed by atoms with van der Waals surface area (Å²) in [5.41, 5.74) is -0.755. The quantitative estimate of drug-likeness (QED) is 0.711. The predicted molar refractivity (Wildman–Crippen MR) is 64.7 cm³/mol. The Morgan fingerprint density at radius 3 is 2.24 bits per heavy atom. The Kier molecular flexibility index (Phi) is 6.16. The SMILES string of the molecule is CCC(OC)C(=O)NC(C)(CC(=O)O)C(C)C. The molecule has 5 heteroatoms. The molecule has 17 heavy (non-hydrogen) atoms. The number of aliphatic carboxylic acids is 1. The number of ether oxygens (including phenoxy) is 1. The molecule has 5 nitrogen and oxygen atoms in total. The number of amides is 1. The summed E-state index contributed by atoms with van der Waals surface area (Å²) in [7, 11) is 1.47. The van der Waals surface area contributed by atoms with Gasteiger partial charge in [-0.25, -0.2) is 0 Å². The maximum atomic E-state index is 11.9. The van der Waals surface area contributed by atoms with Gasteiger partial charge in [-0.3, -0.25) is 9.59 Å². The van der Waals surface area contributed by atoms with Gasteiger partial charge in [0.15, 0.2) is 0 Å². The molecule has 0 aromatic carbocycles. The van der Waals surface area contributed by atoms with Crippen molar-refractivity contribution in [2.75, 3.05) is 7.11 Å². The number of carbonyl (C=O) groups excluding carboxylic acids is 1. The van der Waals surface area contributed by atoms with Gasteiger partial charge < -0.3 is 15.2 Å². The summed E-state index contributed by atoms with van der Waals surface area (Å²) in [6.45, 7) is 7.36. The Hall–Kier alpha value is -1.10. The Balaban J connectivity index is 4.76. The van der Waals surface area contributed by atoms with Gasteiger partial charge in [0, 0.05) is 7.11 Å². The van der Waals surface area contributed by atoms with Crippen molar-refractivity contribution in [2.45, 2.75) is 52.2 Å². The number of rotatable bonds is 7. The van der Waals surface area contributed by atoms with E-state index >= 15 is 0 Å². The summed E-state index contributed by atoms with van der Waals surface area (Å²) in [6, 6.07) is 0. The summed E-state index contributed by atoms with van der Waals surface area (Å²) in [5, 5.41) is 11.7. The van der Waals surface area contributed by atoms with E-state index in [-0.39, 0.29) is 18.2 Å². The first-order valence-corrected chi connectivity index (χ1v) is 5.83. The van der Waals surface area contributed by atoms with E-state index < -0.39 is 17.6 Å². The van der Waals surface area contributed by atoms with Gasteiger partial charge in [0.1, 0.15) is 6.10 Å². The topological polar surface area (TPSA) is 75.6 Å². The van der Waals surface area contributed by atoms with Crippen molar-refractivity contribution in [2.24, 2.45) is 5.92 Å². The van der Waals surface area contributed by atoms with Crippen molar-refractivity contribution >= 4 is 11.9 Å². The second-order valence-corrected chi connectivity index (χ2v) is 4.76. The van der Waals surface area contributed by atoms with Crippen LogP contribution in [-0.4, -0.2) is 35.7 Å². The van der Waals surface area contributed by atoms with Gasteiger partial charge in [-0.1, -0.05) is 20.8 Å². The minimum Gasteiger partial charge on any atom is -0.481 e. The van der Waals surface area contributed by atoms with E-state index in [9.17, 15) is 9.59 Å². The van der Waals surface area contributed by atoms with Gasteiger partial charge in [0.05, 0.1) is 12.0 Å². The van der Waals surface area contributed by atoms with Crippen LogP contribution in [0.2, 0.25) is 0 Å². The summed E-state index contributed by atoms with van der Waals surface area (Å²) in [5.74, 6) is -1.16. The molecule has 0 fully saturated rings. The minimum absolute atomic E-state index is 0.0249. The van der Waals surface area contributed by atoms with E-state index in [2.05, 4.69) is 5.32 Å². The van der Waals surface area contributed by atoms with Gasteiger partial charge in [-0.05, 0) is 19.3 Å². The van der Waals surface area contributed by atoms with Crippen molar-refractivity contribution in [3.8, 4) is 0 Å². The lowest BCUT2D eigenvalue weighted by molar-refractivity contribution is -0.140. The van der Waals surface area contributed by atoms with Crippen molar-refractivity contribution < 1.29 is 19.4 Å². The highest BCUT2D eigenvalue weighted by atomic mass is 16.5. The molecule has 2 unspecified atom stereocenters. The van der Waals surface area contributed by atoms with E-state index in [0.29, 0.717) is 6.42 Å². The Labute approximate surface area is 103 Å². The summed E-state index contributed by atoms with van der Waals surface area (Å²) in [6.07, 6.45) is -0.0676. The van der Waals surface area contributed by atoms with E-state index in [0.717, 1.165) is 0 Å². The summed E-state index contributed by atoms with van der Waals surface area (Å²) in [4.78, 5) is 22.7. The summed E-state index contributed by atoms with van der Waals surface area (Å²) < 4.78 is 5.03. The Morgan fingerprint density at radius 2 is 1.94 bits per heavy atom. The molecule has 0 aliphatic rings. The first-order chi connectivity index (χ1) is 7.76. The second kappa shape index (κ2) is 6.59. The predicted octanol–water partition coefficient (Wildman–Crippen LogP) is 1.42. The van der Waals surface area contributed by atoms with Gasteiger partial charge >= 0.3 is 5.97 Å². The lowest BCUT2D eigenvalue weighted by atomic mass is 9.85. The number of carboxylic acid groups (broad SMARTS) is 1. The Bertz CT molecular complexity index is 274. The van der Waals surface area contributed by atoms with Crippen LogP contribution in [0.25, 0.3) is 0 Å². The van der Waals surface area contributed by atoms with Crippen LogP contribution in [0.15, 0.2) is 0 Å². The van der Waals surface area contributed by atoms with Gasteiger partial charge in [-0.2, -0.15) is 0 Å². The number of nitrogens with one attached hydrogen (secondary N) is 1. The van der Waals surface area contributed by atoms with Crippen molar-refractivity contribution in [1.82, 2.24) is 5.32 Å². The van der Waals surface area contributed by atoms with Crippen molar-refractivity contribution in [1.29, 1.82) is 0 Å². The third kappa shape index (κ3) is 4.73. The van der Waals surface area contributed by atoms with Gasteiger partial charge in [0.2, 0.25) is 5.91 Å². The zero-order chi connectivity index (χ0) is 13.6. The van der Waals surface area contributed by atoms with E-state index in [4.69, 9.17) is 9.84 Å². The highest BCUT2D eigenvalue weighted by molar-refractivity contribution is 5.82. The number of methoxy groups -OCH3 is 1. The molecule has 0 bridgehead atoms. The maximum Gasteiger partial charge on any atom is 0.305 e. The molecule has 0 saturated carbocycles. The van der Waals surface area contributed by atoms with Crippen LogP contribution in [0.4, 0.5) is 0 Å². The molecule has 100 valence electrons. The standard InChI is InChI=1S/C12H23NO4/c1-6-9(17-5)11(16)13-12(4,8(2)3)7-10(14)15/h8-9H,6-7H2,1-5H3,(H,13,16)(H,14,15). The van der Waals surface area contributed by atoms with Gasteiger partial charge in [0.25, 0.3) is 0 Å². The van der Waals surface area contributed by atoms with Crippen LogP contribution in [0.1, 0.15) is 40.5 Å². The molecule has 0 saturated heterocycles. The van der Waals surface area contributed by atoms with Crippen LogP contribution >= 0.6 is 0 Å². The monoisotopic (exact) mass is 245 g/mol. The van der Waals surface area contributed by atoms with Crippen molar-refractivity contribution in [3.05, 3.63) is 0 Å². The zero-order valence-electron chi connectivity index (χ0n) is 11.2. The highest BCUT2D eigenvalue weighted by Gasteiger charge is 2.34. The normalized spacial score (nSPS) is 16.4. The molecular formula is C12H23NO4. The fourth-order valence-electron chi connectivity index (χ4n) is 1.53. The lowest BCUT2D eigenvalue weighted by Crippen LogP contribution is -2.54. The highest BCUT2D eigenvalue weighted by Crippen LogP contribution is 2.21. The van der Waals surface area contributed by atoms with Crippen LogP contribution in [-0.2, 0) is 14.3 Å². The molecule has 0 aliphatic carbocycles.